The molecule has 25 heavy (non-hydrogen) atoms. The average Bonchev–Trinajstić information content (AvgIpc) is 3.24. The summed E-state index contributed by atoms with van der Waals surface area (Å²) in [6.07, 6.45) is 4.45. The summed E-state index contributed by atoms with van der Waals surface area (Å²) in [5, 5.41) is 3.94. The number of rotatable bonds is 3. The summed E-state index contributed by atoms with van der Waals surface area (Å²) in [7, 11) is 0. The molecule has 2 aromatic heterocycles. The van der Waals surface area contributed by atoms with Crippen LogP contribution in [0.4, 0.5) is 0 Å². The highest BCUT2D eigenvalue weighted by Gasteiger charge is 2.44. The Kier molecular flexibility index (Phi) is 4.20. The van der Waals surface area contributed by atoms with E-state index in [9.17, 15) is 9.59 Å². The van der Waals surface area contributed by atoms with Gasteiger partial charge in [0, 0.05) is 38.6 Å². The Balaban J connectivity index is 1.45. The first-order valence-corrected chi connectivity index (χ1v) is 9.16. The largest absolute Gasteiger partial charge is 0.338 e. The molecule has 7 nitrogen and oxygen atoms in total. The number of nitrogens with zero attached hydrogens (tertiary/aromatic N) is 5. The lowest BCUT2D eigenvalue weighted by Crippen LogP contribution is -2.44. The van der Waals surface area contributed by atoms with Crippen molar-refractivity contribution in [1.82, 2.24) is 24.4 Å². The predicted molar refractivity (Wildman–Crippen MR) is 91.8 cm³/mol. The van der Waals surface area contributed by atoms with Gasteiger partial charge in [-0.15, -0.1) is 5.10 Å². The maximum atomic E-state index is 12.9. The van der Waals surface area contributed by atoms with Crippen molar-refractivity contribution in [3.63, 3.8) is 0 Å². The zero-order chi connectivity index (χ0) is 17.4. The van der Waals surface area contributed by atoms with Crippen LogP contribution in [0.15, 0.2) is 24.5 Å². The second kappa shape index (κ2) is 6.51. The molecule has 2 saturated heterocycles. The van der Waals surface area contributed by atoms with Crippen LogP contribution >= 0.6 is 11.5 Å². The second-order valence-electron chi connectivity index (χ2n) is 6.66. The lowest BCUT2D eigenvalue weighted by molar-refractivity contribution is -0.140. The number of amides is 2. The molecule has 0 unspecified atom stereocenters. The van der Waals surface area contributed by atoms with Gasteiger partial charge < -0.3 is 9.80 Å². The quantitative estimate of drug-likeness (QED) is 0.829. The van der Waals surface area contributed by atoms with Crippen LogP contribution in [-0.4, -0.2) is 55.8 Å². The van der Waals surface area contributed by atoms with Crippen molar-refractivity contribution >= 4 is 23.3 Å². The third-order valence-corrected chi connectivity index (χ3v) is 5.71. The Bertz CT molecular complexity index is 793. The number of carbonyl (C=O) groups is 2. The summed E-state index contributed by atoms with van der Waals surface area (Å²) in [5.74, 6) is 0.172. The van der Waals surface area contributed by atoms with Gasteiger partial charge in [-0.2, -0.15) is 0 Å². The molecule has 0 saturated carbocycles. The van der Waals surface area contributed by atoms with Crippen molar-refractivity contribution < 1.29 is 9.59 Å². The number of pyridine rings is 1. The van der Waals surface area contributed by atoms with Gasteiger partial charge in [0.15, 0.2) is 5.69 Å². The summed E-state index contributed by atoms with van der Waals surface area (Å²) in [6, 6.07) is 3.86. The number of carbonyl (C=O) groups excluding carboxylic acids is 2. The van der Waals surface area contributed by atoms with Crippen molar-refractivity contribution in [2.45, 2.75) is 19.9 Å². The molecular weight excluding hydrogens is 338 g/mol. The summed E-state index contributed by atoms with van der Waals surface area (Å²) in [5.41, 5.74) is 1.45. The van der Waals surface area contributed by atoms with E-state index in [1.165, 1.54) is 11.5 Å². The Morgan fingerprint density at radius 2 is 2.28 bits per heavy atom. The molecule has 0 bridgehead atoms. The average molecular weight is 357 g/mol. The molecule has 0 aromatic carbocycles. The van der Waals surface area contributed by atoms with Gasteiger partial charge in [-0.05, 0) is 42.4 Å². The number of hydrogen-bond acceptors (Lipinski definition) is 6. The van der Waals surface area contributed by atoms with Gasteiger partial charge in [-0.3, -0.25) is 14.6 Å². The molecule has 2 amide bonds. The lowest BCUT2D eigenvalue weighted by Gasteiger charge is -2.33. The SMILES string of the molecule is Cc1snnc1C(=O)N1C[C@H]2CCN(Cc3cccnc3)C(=O)[C@@H]2C1. The van der Waals surface area contributed by atoms with Gasteiger partial charge in [-0.25, -0.2) is 0 Å². The van der Waals surface area contributed by atoms with Crippen LogP contribution in [0, 0.1) is 18.8 Å². The predicted octanol–water partition coefficient (Wildman–Crippen LogP) is 1.36. The highest BCUT2D eigenvalue weighted by Crippen LogP contribution is 2.33. The van der Waals surface area contributed by atoms with Crippen molar-refractivity contribution in [2.24, 2.45) is 11.8 Å². The Morgan fingerprint density at radius 3 is 3.00 bits per heavy atom. The van der Waals surface area contributed by atoms with E-state index in [1.54, 1.807) is 17.3 Å². The minimum Gasteiger partial charge on any atom is -0.338 e. The van der Waals surface area contributed by atoms with E-state index in [1.807, 2.05) is 24.0 Å². The highest BCUT2D eigenvalue weighted by molar-refractivity contribution is 7.05. The van der Waals surface area contributed by atoms with Gasteiger partial charge in [0.1, 0.15) is 0 Å². The maximum Gasteiger partial charge on any atom is 0.275 e. The van der Waals surface area contributed by atoms with Crippen molar-refractivity contribution in [2.75, 3.05) is 19.6 Å². The van der Waals surface area contributed by atoms with Crippen LogP contribution < -0.4 is 0 Å². The van der Waals surface area contributed by atoms with Crippen molar-refractivity contribution in [3.8, 4) is 0 Å². The molecule has 2 aliphatic rings. The monoisotopic (exact) mass is 357 g/mol. The van der Waals surface area contributed by atoms with Crippen LogP contribution in [0.5, 0.6) is 0 Å². The van der Waals surface area contributed by atoms with E-state index in [-0.39, 0.29) is 23.7 Å². The fourth-order valence-corrected chi connectivity index (χ4v) is 4.18. The zero-order valence-corrected chi connectivity index (χ0v) is 14.8. The van der Waals surface area contributed by atoms with Crippen LogP contribution in [0.1, 0.15) is 27.3 Å². The normalized spacial score (nSPS) is 23.0. The zero-order valence-electron chi connectivity index (χ0n) is 14.0. The van der Waals surface area contributed by atoms with E-state index < -0.39 is 0 Å². The van der Waals surface area contributed by atoms with Crippen LogP contribution in [0.3, 0.4) is 0 Å². The third kappa shape index (κ3) is 3.02. The fourth-order valence-electron chi connectivity index (χ4n) is 3.72. The van der Waals surface area contributed by atoms with Crippen molar-refractivity contribution in [1.29, 1.82) is 0 Å². The van der Waals surface area contributed by atoms with E-state index in [4.69, 9.17) is 0 Å². The summed E-state index contributed by atoms with van der Waals surface area (Å²) < 4.78 is 3.84. The standard InChI is InChI=1S/C17H19N5O2S/c1-11-15(19-20-25-11)17(24)22-9-13-4-6-21(16(23)14(13)10-22)8-12-3-2-5-18-7-12/h2-3,5,7,13-14H,4,6,8-10H2,1H3/t13-,14-/m1/s1. The molecule has 2 aromatic rings. The summed E-state index contributed by atoms with van der Waals surface area (Å²) in [4.78, 5) is 34.1. The summed E-state index contributed by atoms with van der Waals surface area (Å²) in [6.45, 7) is 4.27. The number of likely N-dealkylation sites (tertiary alicyclic amines) is 2. The first kappa shape index (κ1) is 16.1. The minimum atomic E-state index is -0.110. The Labute approximate surface area is 149 Å². The number of piperidine rings is 1. The van der Waals surface area contributed by atoms with E-state index in [2.05, 4.69) is 14.6 Å². The number of aromatic nitrogens is 3. The highest BCUT2D eigenvalue weighted by atomic mass is 32.1. The fraction of sp³-hybridized carbons (Fsp3) is 0.471. The van der Waals surface area contributed by atoms with Gasteiger partial charge in [-0.1, -0.05) is 10.6 Å². The summed E-state index contributed by atoms with van der Waals surface area (Å²) >= 11 is 1.23. The van der Waals surface area contributed by atoms with Crippen LogP contribution in [-0.2, 0) is 11.3 Å². The van der Waals surface area contributed by atoms with Gasteiger partial charge in [0.05, 0.1) is 10.8 Å². The van der Waals surface area contributed by atoms with Gasteiger partial charge in [0.2, 0.25) is 5.91 Å². The van der Waals surface area contributed by atoms with Gasteiger partial charge >= 0.3 is 0 Å². The Hall–Kier alpha value is -2.35. The molecule has 4 heterocycles. The van der Waals surface area contributed by atoms with E-state index in [0.717, 1.165) is 23.4 Å². The van der Waals surface area contributed by atoms with Crippen molar-refractivity contribution in [3.05, 3.63) is 40.7 Å². The molecule has 4 rings (SSSR count). The first-order chi connectivity index (χ1) is 12.1. The molecule has 0 spiro atoms. The Morgan fingerprint density at radius 1 is 1.40 bits per heavy atom. The molecule has 130 valence electrons. The molecule has 2 fully saturated rings. The molecule has 2 atom stereocenters. The smallest absolute Gasteiger partial charge is 0.275 e. The number of fused-ring (bicyclic) bond motifs is 1. The van der Waals surface area contributed by atoms with Gasteiger partial charge in [0.25, 0.3) is 5.91 Å². The first-order valence-electron chi connectivity index (χ1n) is 8.39. The molecule has 2 aliphatic heterocycles. The molecule has 0 N–H and O–H groups in total. The van der Waals surface area contributed by atoms with Crippen LogP contribution in [0.2, 0.25) is 0 Å². The van der Waals surface area contributed by atoms with Crippen LogP contribution in [0.25, 0.3) is 0 Å². The third-order valence-electron chi connectivity index (χ3n) is 5.08. The van der Waals surface area contributed by atoms with E-state index >= 15 is 0 Å². The topological polar surface area (TPSA) is 79.3 Å². The minimum absolute atomic E-state index is 0.104. The number of aryl methyl sites for hydroxylation is 1. The lowest BCUT2D eigenvalue weighted by atomic mass is 9.88. The second-order valence-corrected chi connectivity index (χ2v) is 7.62. The molecule has 8 heteroatoms. The number of hydrogen-bond donors (Lipinski definition) is 0. The molecule has 0 radical (unpaired) electrons. The van der Waals surface area contributed by atoms with E-state index in [0.29, 0.717) is 25.3 Å². The molecule has 0 aliphatic carbocycles. The maximum absolute atomic E-state index is 12.9. The molecular formula is C17H19N5O2S.